The number of aromatic hydroxyl groups is 1. The molecule has 3 aromatic rings. The van der Waals surface area contributed by atoms with Crippen molar-refractivity contribution in [3.05, 3.63) is 48.4 Å². The molecule has 0 unspecified atom stereocenters. The summed E-state index contributed by atoms with van der Waals surface area (Å²) in [4.78, 5) is 18.4. The van der Waals surface area contributed by atoms with Crippen LogP contribution in [0.15, 0.2) is 53.0 Å². The number of benzene rings is 2. The van der Waals surface area contributed by atoms with Crippen LogP contribution < -0.4 is 0 Å². The Balaban J connectivity index is 1.97. The Labute approximate surface area is 131 Å². The van der Waals surface area contributed by atoms with E-state index in [9.17, 15) is 9.90 Å². The van der Waals surface area contributed by atoms with Gasteiger partial charge in [0.2, 0.25) is 5.82 Å². The summed E-state index contributed by atoms with van der Waals surface area (Å²) in [5.41, 5.74) is 0.717. The van der Waals surface area contributed by atoms with Crippen LogP contribution in [0, 0.1) is 0 Å². The maximum absolute atomic E-state index is 11.8. The van der Waals surface area contributed by atoms with Gasteiger partial charge in [0.05, 0.1) is 18.6 Å². The minimum Gasteiger partial charge on any atom is -0.507 e. The van der Waals surface area contributed by atoms with E-state index in [4.69, 9.17) is 4.74 Å². The predicted molar refractivity (Wildman–Crippen MR) is 84.3 cm³/mol. The second-order valence-electron chi connectivity index (χ2n) is 4.67. The highest BCUT2D eigenvalue weighted by Gasteiger charge is 2.15. The van der Waals surface area contributed by atoms with Crippen LogP contribution in [0.1, 0.15) is 17.4 Å². The molecule has 0 aliphatic heterocycles. The molecule has 1 aromatic heterocycles. The highest BCUT2D eigenvalue weighted by molar-refractivity contribution is 5.96. The van der Waals surface area contributed by atoms with Gasteiger partial charge in [0.1, 0.15) is 5.75 Å². The summed E-state index contributed by atoms with van der Waals surface area (Å²) in [6, 6.07) is 10.5. The summed E-state index contributed by atoms with van der Waals surface area (Å²) in [6.45, 7) is 1.98. The van der Waals surface area contributed by atoms with Gasteiger partial charge in [-0.25, -0.2) is 9.78 Å². The van der Waals surface area contributed by atoms with E-state index >= 15 is 0 Å². The van der Waals surface area contributed by atoms with Crippen molar-refractivity contribution in [2.24, 2.45) is 10.2 Å². The smallest absolute Gasteiger partial charge is 0.358 e. The number of ether oxygens (including phenoxy) is 1. The number of azo groups is 1. The second-order valence-corrected chi connectivity index (χ2v) is 4.67. The fourth-order valence-electron chi connectivity index (χ4n) is 2.17. The van der Waals surface area contributed by atoms with E-state index in [1.165, 1.54) is 6.33 Å². The third-order valence-corrected chi connectivity index (χ3v) is 3.23. The Morgan fingerprint density at radius 2 is 2.00 bits per heavy atom. The molecule has 7 heteroatoms. The van der Waals surface area contributed by atoms with Crippen LogP contribution >= 0.6 is 0 Å². The van der Waals surface area contributed by atoms with Crippen LogP contribution in [0.3, 0.4) is 0 Å². The van der Waals surface area contributed by atoms with E-state index in [1.807, 2.05) is 18.2 Å². The Morgan fingerprint density at radius 3 is 2.78 bits per heavy atom. The van der Waals surface area contributed by atoms with Crippen molar-refractivity contribution in [2.45, 2.75) is 6.92 Å². The number of hydrogen-bond donors (Lipinski definition) is 2. The first-order valence-electron chi connectivity index (χ1n) is 7.03. The number of imidazole rings is 1. The first kappa shape index (κ1) is 14.7. The molecule has 0 aliphatic rings. The number of nitrogens with one attached hydrogen (secondary N) is 1. The van der Waals surface area contributed by atoms with Crippen molar-refractivity contribution in [3.63, 3.8) is 0 Å². The van der Waals surface area contributed by atoms with Gasteiger partial charge in [-0.3, -0.25) is 0 Å². The number of carbonyl (C=O) groups excluding carboxylic acids is 1. The van der Waals surface area contributed by atoms with Gasteiger partial charge in [-0.05, 0) is 19.1 Å². The number of H-pyrrole nitrogens is 1. The zero-order valence-corrected chi connectivity index (χ0v) is 12.4. The molecule has 0 bridgehead atoms. The Kier molecular flexibility index (Phi) is 4.01. The first-order valence-corrected chi connectivity index (χ1v) is 7.03. The van der Waals surface area contributed by atoms with Crippen LogP contribution in [-0.4, -0.2) is 27.7 Å². The monoisotopic (exact) mass is 310 g/mol. The number of phenolic OH excluding ortho intramolecular Hbond substituents is 1. The molecule has 0 spiro atoms. The molecule has 1 heterocycles. The van der Waals surface area contributed by atoms with Crippen LogP contribution in [0.25, 0.3) is 10.8 Å². The van der Waals surface area contributed by atoms with Crippen LogP contribution in [0.5, 0.6) is 5.75 Å². The number of aromatic nitrogens is 2. The molecule has 0 fully saturated rings. The van der Waals surface area contributed by atoms with E-state index in [-0.39, 0.29) is 23.9 Å². The summed E-state index contributed by atoms with van der Waals surface area (Å²) in [5, 5.41) is 19.5. The molecule has 23 heavy (non-hydrogen) atoms. The van der Waals surface area contributed by atoms with Gasteiger partial charge in [0, 0.05) is 10.8 Å². The van der Waals surface area contributed by atoms with Crippen LogP contribution in [0.4, 0.5) is 11.5 Å². The number of hydrogen-bond acceptors (Lipinski definition) is 6. The number of esters is 1. The normalized spacial score (nSPS) is 11.2. The van der Waals surface area contributed by atoms with Gasteiger partial charge in [-0.1, -0.05) is 24.3 Å². The van der Waals surface area contributed by atoms with E-state index < -0.39 is 5.97 Å². The molecule has 0 saturated carbocycles. The van der Waals surface area contributed by atoms with E-state index in [1.54, 1.807) is 25.1 Å². The lowest BCUT2D eigenvalue weighted by Gasteiger charge is -2.03. The van der Waals surface area contributed by atoms with Gasteiger partial charge in [0.15, 0.2) is 5.69 Å². The topological polar surface area (TPSA) is 99.9 Å². The number of nitrogens with zero attached hydrogens (tertiary/aromatic N) is 3. The van der Waals surface area contributed by atoms with E-state index in [0.717, 1.165) is 5.39 Å². The van der Waals surface area contributed by atoms with Crippen molar-refractivity contribution in [1.82, 2.24) is 9.97 Å². The van der Waals surface area contributed by atoms with Crippen molar-refractivity contribution in [2.75, 3.05) is 6.61 Å². The summed E-state index contributed by atoms with van der Waals surface area (Å²) in [7, 11) is 0. The lowest BCUT2D eigenvalue weighted by atomic mass is 10.1. The molecule has 0 saturated heterocycles. The molecule has 0 radical (unpaired) electrons. The molecular weight excluding hydrogens is 296 g/mol. The van der Waals surface area contributed by atoms with Gasteiger partial charge in [-0.15, -0.1) is 10.2 Å². The lowest BCUT2D eigenvalue weighted by molar-refractivity contribution is 0.0521. The second kappa shape index (κ2) is 6.27. The molecule has 0 aliphatic carbocycles. The highest BCUT2D eigenvalue weighted by atomic mass is 16.5. The first-order chi connectivity index (χ1) is 11.2. The molecular formula is C16H14N4O3. The molecule has 2 aromatic carbocycles. The molecule has 116 valence electrons. The van der Waals surface area contributed by atoms with Gasteiger partial charge >= 0.3 is 5.97 Å². The summed E-state index contributed by atoms with van der Waals surface area (Å²) >= 11 is 0. The van der Waals surface area contributed by atoms with Gasteiger partial charge in [-0.2, -0.15) is 0 Å². The maximum atomic E-state index is 11.8. The summed E-state index contributed by atoms with van der Waals surface area (Å²) < 4.78 is 4.92. The Hall–Kier alpha value is -3.22. The molecule has 2 N–H and O–H groups in total. The van der Waals surface area contributed by atoms with Crippen molar-refractivity contribution < 1.29 is 14.6 Å². The average Bonchev–Trinajstić information content (AvgIpc) is 3.03. The van der Waals surface area contributed by atoms with Crippen molar-refractivity contribution in [1.29, 1.82) is 0 Å². The summed E-state index contributed by atoms with van der Waals surface area (Å²) in [6.07, 6.45) is 1.36. The molecule has 0 atom stereocenters. The zero-order valence-electron chi connectivity index (χ0n) is 12.4. The number of rotatable bonds is 4. The molecule has 3 rings (SSSR count). The highest BCUT2D eigenvalue weighted by Crippen LogP contribution is 2.33. The molecule has 0 amide bonds. The average molecular weight is 310 g/mol. The number of carbonyl (C=O) groups is 1. The Morgan fingerprint density at radius 1 is 1.22 bits per heavy atom. The van der Waals surface area contributed by atoms with Crippen LogP contribution in [-0.2, 0) is 4.74 Å². The fourth-order valence-corrected chi connectivity index (χ4v) is 2.17. The number of phenols is 1. The third kappa shape index (κ3) is 2.89. The minimum atomic E-state index is -0.533. The van der Waals surface area contributed by atoms with Crippen molar-refractivity contribution >= 4 is 28.2 Å². The standard InChI is InChI=1S/C16H14N4O3/c1-2-23-16(22)14-15(18-9-17-14)20-19-12-7-8-13(21)11-6-4-3-5-10(11)12/h3-9,21H,2H2,1H3,(H,17,18). The quantitative estimate of drug-likeness (QED) is 0.564. The van der Waals surface area contributed by atoms with Crippen molar-refractivity contribution in [3.8, 4) is 5.75 Å². The zero-order chi connectivity index (χ0) is 16.2. The molecule has 7 nitrogen and oxygen atoms in total. The minimum absolute atomic E-state index is 0.152. The van der Waals surface area contributed by atoms with E-state index in [2.05, 4.69) is 20.2 Å². The largest absolute Gasteiger partial charge is 0.507 e. The maximum Gasteiger partial charge on any atom is 0.358 e. The lowest BCUT2D eigenvalue weighted by Crippen LogP contribution is -2.04. The fraction of sp³-hybridized carbons (Fsp3) is 0.125. The third-order valence-electron chi connectivity index (χ3n) is 3.23. The van der Waals surface area contributed by atoms with Crippen LogP contribution in [0.2, 0.25) is 0 Å². The number of fused-ring (bicyclic) bond motifs is 1. The van der Waals surface area contributed by atoms with E-state index in [0.29, 0.717) is 11.1 Å². The SMILES string of the molecule is CCOC(=O)c1[nH]cnc1N=Nc1ccc(O)c2ccccc12. The van der Waals surface area contributed by atoms with Gasteiger partial charge in [0.25, 0.3) is 0 Å². The summed E-state index contributed by atoms with van der Waals surface area (Å²) in [5.74, 6) is -0.207. The van der Waals surface area contributed by atoms with Gasteiger partial charge < -0.3 is 14.8 Å². The number of aromatic amines is 1. The Bertz CT molecular complexity index is 886. The predicted octanol–water partition coefficient (Wildman–Crippen LogP) is 3.86.